The van der Waals surface area contributed by atoms with Gasteiger partial charge in [0, 0.05) is 19.1 Å². The Morgan fingerprint density at radius 3 is 2.33 bits per heavy atom. The highest BCUT2D eigenvalue weighted by molar-refractivity contribution is 5.77. The van der Waals surface area contributed by atoms with E-state index in [1.165, 1.54) is 0 Å². The lowest BCUT2D eigenvalue weighted by molar-refractivity contribution is -0.120. The first-order valence-electron chi connectivity index (χ1n) is 5.86. The van der Waals surface area contributed by atoms with Gasteiger partial charge in [-0.05, 0) is 26.9 Å². The van der Waals surface area contributed by atoms with Gasteiger partial charge < -0.3 is 15.5 Å². The van der Waals surface area contributed by atoms with Gasteiger partial charge in [0.2, 0.25) is 5.91 Å². The monoisotopic (exact) mass is 215 g/mol. The molecule has 0 aromatic heterocycles. The number of amides is 1. The van der Waals surface area contributed by atoms with Crippen LogP contribution in [-0.2, 0) is 4.79 Å². The van der Waals surface area contributed by atoms with Crippen LogP contribution in [0.4, 0.5) is 0 Å². The average molecular weight is 215 g/mol. The van der Waals surface area contributed by atoms with Crippen LogP contribution in [0.2, 0.25) is 0 Å². The highest BCUT2D eigenvalue weighted by Gasteiger charge is 2.07. The number of hydrogen-bond donors (Lipinski definition) is 2. The van der Waals surface area contributed by atoms with Crippen molar-refractivity contribution in [2.24, 2.45) is 0 Å². The van der Waals surface area contributed by atoms with Crippen molar-refractivity contribution in [2.75, 3.05) is 32.7 Å². The molecule has 0 spiro atoms. The Kier molecular flexibility index (Phi) is 8.33. The van der Waals surface area contributed by atoms with Crippen LogP contribution in [0.25, 0.3) is 0 Å². The number of nitrogens with zero attached hydrogens (tertiary/aromatic N) is 1. The summed E-state index contributed by atoms with van der Waals surface area (Å²) < 4.78 is 0. The van der Waals surface area contributed by atoms with E-state index in [0.717, 1.165) is 19.6 Å². The molecular weight excluding hydrogens is 190 g/mol. The van der Waals surface area contributed by atoms with E-state index in [-0.39, 0.29) is 5.91 Å². The molecule has 0 saturated heterocycles. The fraction of sp³-hybridized carbons (Fsp3) is 0.909. The smallest absolute Gasteiger partial charge is 0.233 e. The number of likely N-dealkylation sites (N-methyl/N-ethyl adjacent to an activating group) is 2. The predicted molar refractivity (Wildman–Crippen MR) is 63.9 cm³/mol. The molecule has 90 valence electrons. The van der Waals surface area contributed by atoms with Crippen molar-refractivity contribution in [1.29, 1.82) is 0 Å². The van der Waals surface area contributed by atoms with Crippen LogP contribution < -0.4 is 10.6 Å². The quantitative estimate of drug-likeness (QED) is 0.617. The molecule has 0 aliphatic heterocycles. The Morgan fingerprint density at radius 2 is 1.87 bits per heavy atom. The van der Waals surface area contributed by atoms with E-state index >= 15 is 0 Å². The second kappa shape index (κ2) is 8.68. The first-order valence-corrected chi connectivity index (χ1v) is 5.86. The maximum absolute atomic E-state index is 11.2. The predicted octanol–water partition coefficient (Wildman–Crippen LogP) is 0.442. The van der Waals surface area contributed by atoms with Crippen molar-refractivity contribution in [1.82, 2.24) is 15.5 Å². The summed E-state index contributed by atoms with van der Waals surface area (Å²) in [5.41, 5.74) is 0. The fourth-order valence-corrected chi connectivity index (χ4v) is 1.46. The number of carbonyl (C=O) groups excluding carboxylic acids is 1. The number of nitrogens with one attached hydrogen (secondary N) is 2. The van der Waals surface area contributed by atoms with Gasteiger partial charge in [0.25, 0.3) is 0 Å². The SMILES string of the molecule is CCNC(=O)CNC(C)CN(CC)CC. The second-order valence-corrected chi connectivity index (χ2v) is 3.72. The van der Waals surface area contributed by atoms with E-state index in [9.17, 15) is 4.79 Å². The van der Waals surface area contributed by atoms with Gasteiger partial charge in [-0.1, -0.05) is 13.8 Å². The summed E-state index contributed by atoms with van der Waals surface area (Å²) in [6, 6.07) is 0.354. The normalized spacial score (nSPS) is 12.9. The van der Waals surface area contributed by atoms with E-state index in [1.807, 2.05) is 6.92 Å². The molecule has 0 aromatic carbocycles. The maximum Gasteiger partial charge on any atom is 0.233 e. The van der Waals surface area contributed by atoms with Crippen molar-refractivity contribution in [3.8, 4) is 0 Å². The minimum atomic E-state index is 0.0731. The van der Waals surface area contributed by atoms with E-state index in [1.54, 1.807) is 0 Å². The van der Waals surface area contributed by atoms with E-state index in [2.05, 4.69) is 36.3 Å². The molecule has 15 heavy (non-hydrogen) atoms. The molecular formula is C11H25N3O. The van der Waals surface area contributed by atoms with E-state index in [0.29, 0.717) is 19.1 Å². The van der Waals surface area contributed by atoms with Gasteiger partial charge >= 0.3 is 0 Å². The zero-order valence-electron chi connectivity index (χ0n) is 10.5. The van der Waals surface area contributed by atoms with Crippen molar-refractivity contribution < 1.29 is 4.79 Å². The molecule has 0 bridgehead atoms. The Bertz CT molecular complexity index is 169. The minimum absolute atomic E-state index is 0.0731. The largest absolute Gasteiger partial charge is 0.355 e. The van der Waals surface area contributed by atoms with Gasteiger partial charge in [0.1, 0.15) is 0 Å². The lowest BCUT2D eigenvalue weighted by Gasteiger charge is -2.23. The zero-order chi connectivity index (χ0) is 11.7. The third-order valence-corrected chi connectivity index (χ3v) is 2.41. The topological polar surface area (TPSA) is 44.4 Å². The first kappa shape index (κ1) is 14.4. The van der Waals surface area contributed by atoms with E-state index < -0.39 is 0 Å². The summed E-state index contributed by atoms with van der Waals surface area (Å²) in [5, 5.41) is 5.98. The van der Waals surface area contributed by atoms with E-state index in [4.69, 9.17) is 0 Å². The van der Waals surface area contributed by atoms with Crippen LogP contribution in [0.1, 0.15) is 27.7 Å². The van der Waals surface area contributed by atoms with Gasteiger partial charge in [-0.15, -0.1) is 0 Å². The summed E-state index contributed by atoms with van der Waals surface area (Å²) in [5.74, 6) is 0.0731. The molecule has 4 nitrogen and oxygen atoms in total. The maximum atomic E-state index is 11.2. The van der Waals surface area contributed by atoms with Gasteiger partial charge in [0.15, 0.2) is 0 Å². The van der Waals surface area contributed by atoms with Gasteiger partial charge in [0.05, 0.1) is 6.54 Å². The average Bonchev–Trinajstić information content (AvgIpc) is 2.23. The minimum Gasteiger partial charge on any atom is -0.355 e. The van der Waals surface area contributed by atoms with Crippen molar-refractivity contribution >= 4 is 5.91 Å². The Labute approximate surface area is 93.4 Å². The molecule has 0 heterocycles. The molecule has 1 unspecified atom stereocenters. The molecule has 0 aliphatic rings. The molecule has 4 heteroatoms. The lowest BCUT2D eigenvalue weighted by Crippen LogP contribution is -2.43. The van der Waals surface area contributed by atoms with Gasteiger partial charge in [-0.3, -0.25) is 4.79 Å². The molecule has 0 rings (SSSR count). The van der Waals surface area contributed by atoms with Crippen LogP contribution in [-0.4, -0.2) is 49.6 Å². The standard InChI is InChI=1S/C11H25N3O/c1-5-12-11(15)8-13-10(4)9-14(6-2)7-3/h10,13H,5-9H2,1-4H3,(H,12,15). The molecule has 1 amide bonds. The summed E-state index contributed by atoms with van der Waals surface area (Å²) >= 11 is 0. The van der Waals surface area contributed by atoms with Crippen molar-refractivity contribution in [3.05, 3.63) is 0 Å². The molecule has 1 atom stereocenters. The number of carbonyl (C=O) groups is 1. The zero-order valence-corrected chi connectivity index (χ0v) is 10.5. The molecule has 0 aliphatic carbocycles. The Morgan fingerprint density at radius 1 is 1.27 bits per heavy atom. The Hall–Kier alpha value is -0.610. The molecule has 0 radical (unpaired) electrons. The molecule has 0 fully saturated rings. The van der Waals surface area contributed by atoms with Crippen molar-refractivity contribution in [3.63, 3.8) is 0 Å². The van der Waals surface area contributed by atoms with Crippen LogP contribution in [0.5, 0.6) is 0 Å². The van der Waals surface area contributed by atoms with Gasteiger partial charge in [-0.2, -0.15) is 0 Å². The highest BCUT2D eigenvalue weighted by atomic mass is 16.1. The molecule has 2 N–H and O–H groups in total. The summed E-state index contributed by atoms with van der Waals surface area (Å²) in [6.07, 6.45) is 0. The number of hydrogen-bond acceptors (Lipinski definition) is 3. The highest BCUT2D eigenvalue weighted by Crippen LogP contribution is 1.90. The van der Waals surface area contributed by atoms with Crippen LogP contribution in [0.3, 0.4) is 0 Å². The number of rotatable bonds is 8. The van der Waals surface area contributed by atoms with Crippen LogP contribution in [0.15, 0.2) is 0 Å². The molecule has 0 aromatic rings. The second-order valence-electron chi connectivity index (χ2n) is 3.72. The molecule has 0 saturated carbocycles. The fourth-order valence-electron chi connectivity index (χ4n) is 1.46. The van der Waals surface area contributed by atoms with Crippen LogP contribution >= 0.6 is 0 Å². The van der Waals surface area contributed by atoms with Crippen LogP contribution in [0, 0.1) is 0 Å². The third kappa shape index (κ3) is 7.33. The van der Waals surface area contributed by atoms with Crippen molar-refractivity contribution in [2.45, 2.75) is 33.7 Å². The summed E-state index contributed by atoms with van der Waals surface area (Å²) in [7, 11) is 0. The summed E-state index contributed by atoms with van der Waals surface area (Å²) in [4.78, 5) is 13.5. The summed E-state index contributed by atoms with van der Waals surface area (Å²) in [6.45, 7) is 12.6. The Balaban J connectivity index is 3.64. The lowest BCUT2D eigenvalue weighted by atomic mass is 10.3. The first-order chi connectivity index (χ1) is 7.13. The third-order valence-electron chi connectivity index (χ3n) is 2.41. The van der Waals surface area contributed by atoms with Gasteiger partial charge in [-0.25, -0.2) is 0 Å².